The first-order chi connectivity index (χ1) is 16.1. The number of fused-ring (bicyclic) bond motifs is 3. The molecule has 3 aromatic carbocycles. The summed E-state index contributed by atoms with van der Waals surface area (Å²) in [5.74, 6) is -0.135. The summed E-state index contributed by atoms with van der Waals surface area (Å²) in [6.07, 6.45) is 0. The molecule has 0 aliphatic heterocycles. The Hall–Kier alpha value is -3.75. The molecule has 0 unspecified atom stereocenters. The van der Waals surface area contributed by atoms with E-state index in [0.717, 1.165) is 0 Å². The van der Waals surface area contributed by atoms with Crippen LogP contribution in [0.25, 0.3) is 27.8 Å². The average Bonchev–Trinajstić information content (AvgIpc) is 2.83. The van der Waals surface area contributed by atoms with Crippen molar-refractivity contribution in [1.29, 1.82) is 0 Å². The molecule has 0 spiro atoms. The van der Waals surface area contributed by atoms with Gasteiger partial charge in [0, 0.05) is 21.7 Å². The summed E-state index contributed by atoms with van der Waals surface area (Å²) in [5, 5.41) is 9.09. The smallest absolute Gasteiger partial charge is 0.300 e. The van der Waals surface area contributed by atoms with Crippen molar-refractivity contribution < 1.29 is 4.79 Å². The normalized spacial score (nSPS) is 11.1. The lowest BCUT2D eigenvalue weighted by Crippen LogP contribution is -2.19. The van der Waals surface area contributed by atoms with E-state index in [2.05, 4.69) is 20.4 Å². The Morgan fingerprint density at radius 3 is 2.58 bits per heavy atom. The first-order valence-electron chi connectivity index (χ1n) is 10.0. The number of thioether (sulfide) groups is 1. The van der Waals surface area contributed by atoms with Crippen molar-refractivity contribution in [3.05, 3.63) is 94.2 Å². The fraction of sp³-hybridized carbons (Fsp3) is 0.0417. The minimum Gasteiger partial charge on any atom is -0.325 e. The SMILES string of the molecule is O=C(CSc1nc2ccccc2c2nc(=O)c(-c3ccccc3)nn12)Nc1cccc(Cl)c1. The number of benzene rings is 3. The average molecular weight is 474 g/mol. The van der Waals surface area contributed by atoms with E-state index in [-0.39, 0.29) is 17.4 Å². The zero-order valence-corrected chi connectivity index (χ0v) is 18.7. The van der Waals surface area contributed by atoms with Crippen LogP contribution in [0.1, 0.15) is 0 Å². The zero-order valence-electron chi connectivity index (χ0n) is 17.1. The van der Waals surface area contributed by atoms with Gasteiger partial charge in [0.05, 0.1) is 11.3 Å². The van der Waals surface area contributed by atoms with Gasteiger partial charge in [0.15, 0.2) is 16.5 Å². The van der Waals surface area contributed by atoms with Crippen LogP contribution in [0, 0.1) is 0 Å². The van der Waals surface area contributed by atoms with Crippen molar-refractivity contribution in [3.63, 3.8) is 0 Å². The third-order valence-corrected chi connectivity index (χ3v) is 6.00. The van der Waals surface area contributed by atoms with Crippen molar-refractivity contribution in [2.75, 3.05) is 11.1 Å². The van der Waals surface area contributed by atoms with Crippen LogP contribution in [0.2, 0.25) is 5.02 Å². The number of amides is 1. The van der Waals surface area contributed by atoms with Crippen LogP contribution >= 0.6 is 23.4 Å². The molecule has 0 saturated heterocycles. The molecule has 0 radical (unpaired) electrons. The fourth-order valence-corrected chi connectivity index (χ4v) is 4.30. The predicted molar refractivity (Wildman–Crippen MR) is 131 cm³/mol. The number of aromatic nitrogens is 4. The molecule has 0 bridgehead atoms. The molecule has 0 fully saturated rings. The van der Waals surface area contributed by atoms with Crippen molar-refractivity contribution in [2.45, 2.75) is 5.16 Å². The highest BCUT2D eigenvalue weighted by molar-refractivity contribution is 7.99. The molecule has 0 aliphatic carbocycles. The maximum atomic E-state index is 12.8. The van der Waals surface area contributed by atoms with Gasteiger partial charge >= 0.3 is 0 Å². The first-order valence-corrected chi connectivity index (χ1v) is 11.4. The Bertz CT molecular complexity index is 1560. The van der Waals surface area contributed by atoms with E-state index in [9.17, 15) is 9.59 Å². The summed E-state index contributed by atoms with van der Waals surface area (Å²) in [4.78, 5) is 34.3. The Balaban J connectivity index is 1.55. The Morgan fingerprint density at radius 2 is 1.76 bits per heavy atom. The molecule has 1 N–H and O–H groups in total. The number of rotatable bonds is 5. The Kier molecular flexibility index (Phi) is 5.77. The van der Waals surface area contributed by atoms with E-state index in [1.54, 1.807) is 36.4 Å². The van der Waals surface area contributed by atoms with Gasteiger partial charge in [-0.05, 0) is 30.3 Å². The zero-order chi connectivity index (χ0) is 22.8. The molecule has 0 aliphatic rings. The van der Waals surface area contributed by atoms with Gasteiger partial charge in [-0.1, -0.05) is 71.9 Å². The van der Waals surface area contributed by atoms with Crippen molar-refractivity contribution in [2.24, 2.45) is 0 Å². The van der Waals surface area contributed by atoms with Crippen LogP contribution in [-0.2, 0) is 4.79 Å². The van der Waals surface area contributed by atoms with Crippen LogP contribution in [-0.4, -0.2) is 31.2 Å². The number of para-hydroxylation sites is 1. The molecule has 2 aromatic heterocycles. The van der Waals surface area contributed by atoms with Crippen molar-refractivity contribution in [3.8, 4) is 11.3 Å². The molecule has 5 aromatic rings. The van der Waals surface area contributed by atoms with Crippen LogP contribution < -0.4 is 10.9 Å². The standard InChI is InChI=1S/C24H16ClN5O2S/c25-16-9-6-10-17(13-16)26-20(31)14-33-24-27-19-12-5-4-11-18(19)22-28-23(32)21(29-30(22)24)15-7-2-1-3-8-15/h1-13H,14H2,(H,26,31). The molecule has 162 valence electrons. The van der Waals surface area contributed by atoms with Gasteiger partial charge in [0.2, 0.25) is 5.91 Å². The number of carbonyl (C=O) groups is 1. The lowest BCUT2D eigenvalue weighted by Gasteiger charge is -2.11. The molecule has 0 atom stereocenters. The van der Waals surface area contributed by atoms with Gasteiger partial charge < -0.3 is 5.32 Å². The molecular weight excluding hydrogens is 458 g/mol. The highest BCUT2D eigenvalue weighted by Gasteiger charge is 2.16. The van der Waals surface area contributed by atoms with Gasteiger partial charge in [0.1, 0.15) is 0 Å². The summed E-state index contributed by atoms with van der Waals surface area (Å²) in [6.45, 7) is 0. The largest absolute Gasteiger partial charge is 0.325 e. The summed E-state index contributed by atoms with van der Waals surface area (Å²) in [7, 11) is 0. The van der Waals surface area contributed by atoms with E-state index >= 15 is 0 Å². The van der Waals surface area contributed by atoms with E-state index < -0.39 is 5.56 Å². The van der Waals surface area contributed by atoms with E-state index in [0.29, 0.717) is 38.0 Å². The minimum atomic E-state index is -0.424. The second kappa shape index (κ2) is 9.01. The molecule has 5 rings (SSSR count). The Labute approximate surface area is 197 Å². The number of nitrogens with one attached hydrogen (secondary N) is 1. The number of nitrogens with zero attached hydrogens (tertiary/aromatic N) is 4. The van der Waals surface area contributed by atoms with Gasteiger partial charge in [-0.2, -0.15) is 14.6 Å². The van der Waals surface area contributed by atoms with Gasteiger partial charge in [0.25, 0.3) is 5.56 Å². The van der Waals surface area contributed by atoms with Crippen LogP contribution in [0.3, 0.4) is 0 Å². The van der Waals surface area contributed by atoms with Crippen molar-refractivity contribution >= 4 is 51.5 Å². The molecule has 0 saturated carbocycles. The third-order valence-electron chi connectivity index (χ3n) is 4.84. The number of hydrogen-bond donors (Lipinski definition) is 1. The molecule has 1 amide bonds. The molecular formula is C24H16ClN5O2S. The molecule has 9 heteroatoms. The van der Waals surface area contributed by atoms with Gasteiger partial charge in [-0.25, -0.2) is 4.98 Å². The lowest BCUT2D eigenvalue weighted by atomic mass is 10.2. The number of anilines is 1. The van der Waals surface area contributed by atoms with E-state index in [1.165, 1.54) is 16.3 Å². The van der Waals surface area contributed by atoms with Gasteiger partial charge in [-0.15, -0.1) is 0 Å². The monoisotopic (exact) mass is 473 g/mol. The second-order valence-electron chi connectivity index (χ2n) is 7.13. The quantitative estimate of drug-likeness (QED) is 0.226. The maximum absolute atomic E-state index is 12.8. The topological polar surface area (TPSA) is 89.2 Å². The number of halogens is 1. The fourth-order valence-electron chi connectivity index (χ4n) is 3.37. The highest BCUT2D eigenvalue weighted by atomic mass is 35.5. The second-order valence-corrected chi connectivity index (χ2v) is 8.50. The van der Waals surface area contributed by atoms with Crippen molar-refractivity contribution in [1.82, 2.24) is 19.6 Å². The number of hydrogen-bond acceptors (Lipinski definition) is 6. The summed E-state index contributed by atoms with van der Waals surface area (Å²) < 4.78 is 1.53. The molecule has 2 heterocycles. The molecule has 7 nitrogen and oxygen atoms in total. The van der Waals surface area contributed by atoms with Crippen LogP contribution in [0.4, 0.5) is 5.69 Å². The highest BCUT2D eigenvalue weighted by Crippen LogP contribution is 2.24. The first kappa shape index (κ1) is 21.1. The van der Waals surface area contributed by atoms with Crippen LogP contribution in [0.5, 0.6) is 0 Å². The van der Waals surface area contributed by atoms with E-state index in [1.807, 2.05) is 42.5 Å². The number of carbonyl (C=O) groups excluding carboxylic acids is 1. The third kappa shape index (κ3) is 4.44. The van der Waals surface area contributed by atoms with E-state index in [4.69, 9.17) is 11.6 Å². The molecule has 33 heavy (non-hydrogen) atoms. The van der Waals surface area contributed by atoms with Crippen LogP contribution in [0.15, 0.2) is 88.8 Å². The summed E-state index contributed by atoms with van der Waals surface area (Å²) >= 11 is 7.20. The van der Waals surface area contributed by atoms with Gasteiger partial charge in [-0.3, -0.25) is 9.59 Å². The summed E-state index contributed by atoms with van der Waals surface area (Å²) in [5.41, 5.74) is 2.12. The maximum Gasteiger partial charge on any atom is 0.300 e. The lowest BCUT2D eigenvalue weighted by molar-refractivity contribution is -0.113. The minimum absolute atomic E-state index is 0.0848. The summed E-state index contributed by atoms with van der Waals surface area (Å²) in [6, 6.07) is 23.5. The predicted octanol–water partition coefficient (Wildman–Crippen LogP) is 4.69. The Morgan fingerprint density at radius 1 is 0.970 bits per heavy atom.